The number of aromatic nitrogens is 2. The quantitative estimate of drug-likeness (QED) is 0.885. The third-order valence-electron chi connectivity index (χ3n) is 2.64. The van der Waals surface area contributed by atoms with E-state index in [0.29, 0.717) is 13.1 Å². The number of anilines is 3. The Morgan fingerprint density at radius 3 is 2.89 bits per heavy atom. The molecular formula is C13H16BrN5. The number of halogens is 1. The van der Waals surface area contributed by atoms with Gasteiger partial charge in [-0.3, -0.25) is 0 Å². The Morgan fingerprint density at radius 1 is 1.32 bits per heavy atom. The Hall–Kier alpha value is -1.66. The second kappa shape index (κ2) is 6.49. The van der Waals surface area contributed by atoms with Crippen LogP contribution < -0.4 is 16.0 Å². The molecule has 6 heteroatoms. The monoisotopic (exact) mass is 321 g/mol. The Bertz CT molecular complexity index is 546. The second-order valence-electron chi connectivity index (χ2n) is 4.02. The van der Waals surface area contributed by atoms with Gasteiger partial charge >= 0.3 is 0 Å². The number of nitrogens with two attached hydrogens (primary N) is 1. The van der Waals surface area contributed by atoms with Crippen LogP contribution in [-0.2, 0) is 0 Å². The zero-order chi connectivity index (χ0) is 13.7. The van der Waals surface area contributed by atoms with Crippen LogP contribution in [0.1, 0.15) is 0 Å². The zero-order valence-corrected chi connectivity index (χ0v) is 12.3. The number of rotatable bonds is 5. The molecule has 0 saturated carbocycles. The summed E-state index contributed by atoms with van der Waals surface area (Å²) in [7, 11) is 1.97. The van der Waals surface area contributed by atoms with E-state index in [1.54, 1.807) is 6.33 Å². The maximum Gasteiger partial charge on any atom is 0.138 e. The molecule has 0 spiro atoms. The number of nitrogens with one attached hydrogen (secondary N) is 1. The van der Waals surface area contributed by atoms with Crippen molar-refractivity contribution in [2.24, 2.45) is 5.73 Å². The molecular weight excluding hydrogens is 306 g/mol. The van der Waals surface area contributed by atoms with E-state index in [0.717, 1.165) is 21.8 Å². The van der Waals surface area contributed by atoms with Crippen LogP contribution in [-0.4, -0.2) is 30.1 Å². The molecule has 5 nitrogen and oxygen atoms in total. The van der Waals surface area contributed by atoms with E-state index in [1.807, 2.05) is 42.3 Å². The highest BCUT2D eigenvalue weighted by atomic mass is 79.9. The van der Waals surface area contributed by atoms with Gasteiger partial charge in [0.15, 0.2) is 0 Å². The minimum atomic E-state index is 0.570. The van der Waals surface area contributed by atoms with Gasteiger partial charge < -0.3 is 16.0 Å². The van der Waals surface area contributed by atoms with Crippen LogP contribution in [0.2, 0.25) is 0 Å². The highest BCUT2D eigenvalue weighted by Gasteiger charge is 2.07. The Kier molecular flexibility index (Phi) is 4.70. The molecule has 3 N–H and O–H groups in total. The first-order valence-electron chi connectivity index (χ1n) is 5.96. The van der Waals surface area contributed by atoms with Crippen LogP contribution in [0.25, 0.3) is 0 Å². The van der Waals surface area contributed by atoms with Gasteiger partial charge in [-0.15, -0.1) is 0 Å². The summed E-state index contributed by atoms with van der Waals surface area (Å²) in [4.78, 5) is 10.4. The predicted octanol–water partition coefficient (Wildman–Crippen LogP) is 2.38. The van der Waals surface area contributed by atoms with E-state index in [9.17, 15) is 0 Å². The van der Waals surface area contributed by atoms with Gasteiger partial charge in [0.1, 0.15) is 18.0 Å². The summed E-state index contributed by atoms with van der Waals surface area (Å²) in [6.45, 7) is 1.26. The van der Waals surface area contributed by atoms with Crippen molar-refractivity contribution in [3.8, 4) is 0 Å². The lowest BCUT2D eigenvalue weighted by Crippen LogP contribution is -2.15. The van der Waals surface area contributed by atoms with Gasteiger partial charge in [0.25, 0.3) is 0 Å². The van der Waals surface area contributed by atoms with Crippen molar-refractivity contribution in [1.29, 1.82) is 0 Å². The molecule has 1 aromatic heterocycles. The first-order valence-corrected chi connectivity index (χ1v) is 6.75. The number of hydrogen-bond acceptors (Lipinski definition) is 5. The van der Waals surface area contributed by atoms with Crippen LogP contribution in [0.3, 0.4) is 0 Å². The molecule has 19 heavy (non-hydrogen) atoms. The van der Waals surface area contributed by atoms with E-state index >= 15 is 0 Å². The van der Waals surface area contributed by atoms with Crippen molar-refractivity contribution in [2.45, 2.75) is 0 Å². The molecule has 0 aliphatic carbocycles. The molecule has 1 aromatic carbocycles. The van der Waals surface area contributed by atoms with Gasteiger partial charge in [-0.05, 0) is 18.2 Å². The van der Waals surface area contributed by atoms with Crippen LogP contribution in [0.4, 0.5) is 17.3 Å². The van der Waals surface area contributed by atoms with Crippen molar-refractivity contribution in [3.05, 3.63) is 41.1 Å². The maximum absolute atomic E-state index is 5.46. The van der Waals surface area contributed by atoms with E-state index in [-0.39, 0.29) is 0 Å². The van der Waals surface area contributed by atoms with Crippen molar-refractivity contribution < 1.29 is 0 Å². The molecule has 100 valence electrons. The Morgan fingerprint density at radius 2 is 2.16 bits per heavy atom. The van der Waals surface area contributed by atoms with Gasteiger partial charge in [0, 0.05) is 36.4 Å². The van der Waals surface area contributed by atoms with Crippen molar-refractivity contribution in [3.63, 3.8) is 0 Å². The largest absolute Gasteiger partial charge is 0.369 e. The number of nitrogens with zero attached hydrogens (tertiary/aromatic N) is 3. The molecule has 0 saturated heterocycles. The molecule has 0 atom stereocenters. The molecule has 2 aromatic rings. The van der Waals surface area contributed by atoms with Gasteiger partial charge in [-0.25, -0.2) is 9.97 Å². The predicted molar refractivity (Wildman–Crippen MR) is 81.8 cm³/mol. The third kappa shape index (κ3) is 3.65. The van der Waals surface area contributed by atoms with Crippen LogP contribution in [0.15, 0.2) is 41.1 Å². The van der Waals surface area contributed by atoms with Gasteiger partial charge in [0.05, 0.1) is 0 Å². The highest BCUT2D eigenvalue weighted by molar-refractivity contribution is 9.10. The fourth-order valence-electron chi connectivity index (χ4n) is 1.64. The van der Waals surface area contributed by atoms with Crippen molar-refractivity contribution in [2.75, 3.05) is 30.4 Å². The fourth-order valence-corrected chi connectivity index (χ4v) is 2.03. The third-order valence-corrected chi connectivity index (χ3v) is 3.14. The molecule has 0 amide bonds. The summed E-state index contributed by atoms with van der Waals surface area (Å²) in [6, 6.07) is 9.95. The van der Waals surface area contributed by atoms with Gasteiger partial charge in [0.2, 0.25) is 0 Å². The van der Waals surface area contributed by atoms with E-state index in [1.165, 1.54) is 0 Å². The van der Waals surface area contributed by atoms with E-state index < -0.39 is 0 Å². The summed E-state index contributed by atoms with van der Waals surface area (Å²) < 4.78 is 1.03. The SMILES string of the molecule is CN(c1cccc(Br)c1)c1cc(NCCN)ncn1. The van der Waals surface area contributed by atoms with Gasteiger partial charge in [-0.2, -0.15) is 0 Å². The zero-order valence-electron chi connectivity index (χ0n) is 10.7. The molecule has 0 bridgehead atoms. The molecule has 2 rings (SSSR count). The minimum absolute atomic E-state index is 0.570. The van der Waals surface area contributed by atoms with Crippen LogP contribution in [0, 0.1) is 0 Å². The lowest BCUT2D eigenvalue weighted by Gasteiger charge is -2.19. The summed E-state index contributed by atoms with van der Waals surface area (Å²) in [5.74, 6) is 1.60. The van der Waals surface area contributed by atoms with Crippen molar-refractivity contribution >= 4 is 33.3 Å². The highest BCUT2D eigenvalue weighted by Crippen LogP contribution is 2.25. The lowest BCUT2D eigenvalue weighted by molar-refractivity contribution is 0.998. The smallest absolute Gasteiger partial charge is 0.138 e. The van der Waals surface area contributed by atoms with Crippen molar-refractivity contribution in [1.82, 2.24) is 9.97 Å². The average Bonchev–Trinajstić information content (AvgIpc) is 2.44. The first-order chi connectivity index (χ1) is 9.20. The molecule has 1 heterocycles. The summed E-state index contributed by atoms with van der Waals surface area (Å²) in [5.41, 5.74) is 6.51. The number of benzene rings is 1. The minimum Gasteiger partial charge on any atom is -0.369 e. The lowest BCUT2D eigenvalue weighted by atomic mass is 10.3. The molecule has 0 unspecified atom stereocenters. The average molecular weight is 322 g/mol. The van der Waals surface area contributed by atoms with Crippen LogP contribution >= 0.6 is 15.9 Å². The van der Waals surface area contributed by atoms with E-state index in [2.05, 4.69) is 31.2 Å². The molecule has 0 aliphatic rings. The van der Waals surface area contributed by atoms with Crippen LogP contribution in [0.5, 0.6) is 0 Å². The summed E-state index contributed by atoms with van der Waals surface area (Å²) >= 11 is 3.47. The molecule has 0 radical (unpaired) electrons. The Balaban J connectivity index is 2.21. The Labute approximate surface area is 121 Å². The molecule has 0 fully saturated rings. The summed E-state index contributed by atoms with van der Waals surface area (Å²) in [6.07, 6.45) is 1.54. The normalized spacial score (nSPS) is 10.3. The maximum atomic E-state index is 5.46. The fraction of sp³-hybridized carbons (Fsp3) is 0.231. The standard InChI is InChI=1S/C13H16BrN5/c1-19(11-4-2-3-10(14)7-11)13-8-12(16-6-5-15)17-9-18-13/h2-4,7-9H,5-6,15H2,1H3,(H,16,17,18). The summed E-state index contributed by atoms with van der Waals surface area (Å²) in [5, 5.41) is 3.14. The van der Waals surface area contributed by atoms with E-state index in [4.69, 9.17) is 5.73 Å². The molecule has 0 aliphatic heterocycles. The van der Waals surface area contributed by atoms with Gasteiger partial charge in [-0.1, -0.05) is 22.0 Å². The first kappa shape index (κ1) is 13.8. The topological polar surface area (TPSA) is 67.1 Å². The number of hydrogen-bond donors (Lipinski definition) is 2. The second-order valence-corrected chi connectivity index (χ2v) is 4.93.